The molecule has 2 rings (SSSR count). The van der Waals surface area contributed by atoms with Crippen molar-refractivity contribution in [3.63, 3.8) is 0 Å². The molecular weight excluding hydrogens is 349 g/mol. The van der Waals surface area contributed by atoms with Crippen molar-refractivity contribution in [3.05, 3.63) is 57.8 Å². The Morgan fingerprint density at radius 1 is 1.23 bits per heavy atom. The van der Waals surface area contributed by atoms with Crippen molar-refractivity contribution in [1.82, 2.24) is 9.40 Å². The van der Waals surface area contributed by atoms with Gasteiger partial charge in [0.25, 0.3) is 15.9 Å². The quantitative estimate of drug-likeness (QED) is 0.393. The number of amides is 1. The van der Waals surface area contributed by atoms with Gasteiger partial charge in [0.05, 0.1) is 4.90 Å². The fourth-order valence-corrected chi connectivity index (χ4v) is 3.42. The fraction of sp³-hybridized carbons (Fsp3) is 0.0769. The van der Waals surface area contributed by atoms with E-state index in [2.05, 4.69) is 4.98 Å². The molecule has 0 spiro atoms. The summed E-state index contributed by atoms with van der Waals surface area (Å²) >= 11 is 11.5. The lowest BCUT2D eigenvalue weighted by atomic mass is 10.2. The number of hydrogen-bond donors (Lipinski definition) is 1. The molecule has 0 atom stereocenters. The molecule has 0 aliphatic carbocycles. The van der Waals surface area contributed by atoms with Crippen molar-refractivity contribution >= 4 is 39.1 Å². The Morgan fingerprint density at radius 2 is 1.91 bits per heavy atom. The standard InChI is InChI=1S/C13H11Cl2N3O3S/c1-8-6-10(14)2-3-11(8)22(20,21)18(16)13(19)9-4-5-17-12(15)7-9/h2-7H,16H2,1H3. The Balaban J connectivity index is 2.42. The Morgan fingerprint density at radius 3 is 2.50 bits per heavy atom. The number of aryl methyl sites for hydroxylation is 1. The predicted octanol–water partition coefficient (Wildman–Crippen LogP) is 2.40. The molecule has 2 N–H and O–H groups in total. The predicted molar refractivity (Wildman–Crippen MR) is 83.0 cm³/mol. The maximum atomic E-state index is 12.5. The summed E-state index contributed by atoms with van der Waals surface area (Å²) in [5.41, 5.74) is 0.390. The monoisotopic (exact) mass is 359 g/mol. The van der Waals surface area contributed by atoms with Crippen LogP contribution in [0.15, 0.2) is 41.4 Å². The minimum atomic E-state index is -4.21. The normalized spacial score (nSPS) is 11.3. The zero-order valence-corrected chi connectivity index (χ0v) is 13.7. The third-order valence-corrected chi connectivity index (χ3v) is 4.99. The number of nitrogens with zero attached hydrogens (tertiary/aromatic N) is 2. The molecule has 0 aliphatic heterocycles. The van der Waals surface area contributed by atoms with Gasteiger partial charge in [-0.25, -0.2) is 10.8 Å². The van der Waals surface area contributed by atoms with Gasteiger partial charge in [-0.2, -0.15) is 12.8 Å². The number of carbonyl (C=O) groups is 1. The van der Waals surface area contributed by atoms with Gasteiger partial charge in [-0.15, -0.1) is 0 Å². The van der Waals surface area contributed by atoms with Crippen molar-refractivity contribution in [2.45, 2.75) is 11.8 Å². The van der Waals surface area contributed by atoms with Crippen LogP contribution < -0.4 is 5.84 Å². The molecule has 0 saturated carbocycles. The average Bonchev–Trinajstić information content (AvgIpc) is 2.45. The van der Waals surface area contributed by atoms with E-state index in [1.54, 1.807) is 6.92 Å². The lowest BCUT2D eigenvalue weighted by Crippen LogP contribution is -2.42. The highest BCUT2D eigenvalue weighted by molar-refractivity contribution is 7.89. The number of hydrazine groups is 1. The lowest BCUT2D eigenvalue weighted by Gasteiger charge is -2.18. The SMILES string of the molecule is Cc1cc(Cl)ccc1S(=O)(=O)N(N)C(=O)c1ccnc(Cl)c1. The molecule has 1 aromatic carbocycles. The van der Waals surface area contributed by atoms with E-state index in [4.69, 9.17) is 29.0 Å². The van der Waals surface area contributed by atoms with E-state index in [0.29, 0.717) is 10.6 Å². The number of sulfonamides is 1. The summed E-state index contributed by atoms with van der Waals surface area (Å²) in [7, 11) is -4.21. The first-order valence-corrected chi connectivity index (χ1v) is 8.15. The molecule has 0 radical (unpaired) electrons. The second-order valence-electron chi connectivity index (χ2n) is 4.38. The largest absolute Gasteiger partial charge is 0.282 e. The lowest BCUT2D eigenvalue weighted by molar-refractivity contribution is 0.0861. The third-order valence-electron chi connectivity index (χ3n) is 2.85. The first-order valence-electron chi connectivity index (χ1n) is 5.95. The molecule has 0 bridgehead atoms. The molecule has 0 unspecified atom stereocenters. The third kappa shape index (κ3) is 3.22. The van der Waals surface area contributed by atoms with Crippen LogP contribution in [-0.2, 0) is 10.0 Å². The molecule has 0 fully saturated rings. The fourth-order valence-electron chi connectivity index (χ4n) is 1.78. The zero-order chi connectivity index (χ0) is 16.5. The van der Waals surface area contributed by atoms with Gasteiger partial charge in [-0.3, -0.25) is 4.79 Å². The van der Waals surface area contributed by atoms with Crippen LogP contribution in [0.1, 0.15) is 15.9 Å². The van der Waals surface area contributed by atoms with E-state index < -0.39 is 15.9 Å². The van der Waals surface area contributed by atoms with Crippen molar-refractivity contribution in [2.24, 2.45) is 5.84 Å². The molecule has 0 saturated heterocycles. The first-order chi connectivity index (χ1) is 10.2. The zero-order valence-electron chi connectivity index (χ0n) is 11.3. The Bertz CT molecular complexity index is 840. The van der Waals surface area contributed by atoms with Gasteiger partial charge >= 0.3 is 0 Å². The molecule has 22 heavy (non-hydrogen) atoms. The molecule has 1 heterocycles. The van der Waals surface area contributed by atoms with Crippen LogP contribution in [0.5, 0.6) is 0 Å². The van der Waals surface area contributed by atoms with E-state index in [0.717, 1.165) is 0 Å². The van der Waals surface area contributed by atoms with Gasteiger partial charge in [0, 0.05) is 16.8 Å². The van der Waals surface area contributed by atoms with Gasteiger partial charge in [-0.1, -0.05) is 23.2 Å². The molecule has 1 amide bonds. The summed E-state index contributed by atoms with van der Waals surface area (Å²) < 4.78 is 25.1. The summed E-state index contributed by atoms with van der Waals surface area (Å²) in [6, 6.07) is 6.71. The van der Waals surface area contributed by atoms with E-state index in [-0.39, 0.29) is 20.0 Å². The summed E-state index contributed by atoms with van der Waals surface area (Å²) in [5.74, 6) is 4.60. The van der Waals surface area contributed by atoms with Crippen molar-refractivity contribution in [1.29, 1.82) is 0 Å². The molecular formula is C13H11Cl2N3O3S. The van der Waals surface area contributed by atoms with E-state index in [1.807, 2.05) is 0 Å². The average molecular weight is 360 g/mol. The molecule has 9 heteroatoms. The van der Waals surface area contributed by atoms with Crippen LogP contribution in [-0.4, -0.2) is 23.7 Å². The van der Waals surface area contributed by atoms with Crippen molar-refractivity contribution in [2.75, 3.05) is 0 Å². The maximum absolute atomic E-state index is 12.5. The number of carbonyl (C=O) groups excluding carboxylic acids is 1. The molecule has 2 aromatic rings. The van der Waals surface area contributed by atoms with E-state index in [1.165, 1.54) is 36.5 Å². The minimum absolute atomic E-state index is 0.0118. The van der Waals surface area contributed by atoms with Gasteiger partial charge in [0.15, 0.2) is 0 Å². The van der Waals surface area contributed by atoms with Crippen LogP contribution in [0.3, 0.4) is 0 Å². The second-order valence-corrected chi connectivity index (χ2v) is 6.99. The highest BCUT2D eigenvalue weighted by atomic mass is 35.5. The van der Waals surface area contributed by atoms with Crippen LogP contribution in [0.25, 0.3) is 0 Å². The summed E-state index contributed by atoms with van der Waals surface area (Å²) in [4.78, 5) is 15.8. The number of nitrogens with two attached hydrogens (primary N) is 1. The summed E-state index contributed by atoms with van der Waals surface area (Å²) in [6.45, 7) is 1.56. The maximum Gasteiger partial charge on any atom is 0.282 e. The Labute approximate surface area is 137 Å². The van der Waals surface area contributed by atoms with Gasteiger partial charge in [-0.05, 0) is 42.8 Å². The first kappa shape index (κ1) is 16.7. The van der Waals surface area contributed by atoms with Crippen LogP contribution in [0.4, 0.5) is 0 Å². The molecule has 116 valence electrons. The minimum Gasteiger partial charge on any atom is -0.266 e. The van der Waals surface area contributed by atoms with Gasteiger partial charge < -0.3 is 0 Å². The van der Waals surface area contributed by atoms with Crippen molar-refractivity contribution in [3.8, 4) is 0 Å². The second kappa shape index (κ2) is 6.21. The number of rotatable bonds is 3. The Kier molecular flexibility index (Phi) is 4.72. The van der Waals surface area contributed by atoms with E-state index >= 15 is 0 Å². The topological polar surface area (TPSA) is 93.4 Å². The van der Waals surface area contributed by atoms with Crippen molar-refractivity contribution < 1.29 is 13.2 Å². The number of halogens is 2. The Hall–Kier alpha value is -1.67. The highest BCUT2D eigenvalue weighted by Crippen LogP contribution is 2.23. The van der Waals surface area contributed by atoms with Crippen LogP contribution in [0.2, 0.25) is 10.2 Å². The van der Waals surface area contributed by atoms with Crippen LogP contribution >= 0.6 is 23.2 Å². The number of hydrogen-bond acceptors (Lipinski definition) is 5. The molecule has 1 aromatic heterocycles. The van der Waals surface area contributed by atoms with Crippen LogP contribution in [0, 0.1) is 6.92 Å². The van der Waals surface area contributed by atoms with Gasteiger partial charge in [0.2, 0.25) is 0 Å². The summed E-state index contributed by atoms with van der Waals surface area (Å²) in [6.07, 6.45) is 1.28. The number of pyridine rings is 1. The molecule has 0 aliphatic rings. The van der Waals surface area contributed by atoms with Gasteiger partial charge in [0.1, 0.15) is 5.15 Å². The number of benzene rings is 1. The van der Waals surface area contributed by atoms with E-state index in [9.17, 15) is 13.2 Å². The number of aromatic nitrogens is 1. The smallest absolute Gasteiger partial charge is 0.266 e. The highest BCUT2D eigenvalue weighted by Gasteiger charge is 2.29. The molecule has 6 nitrogen and oxygen atoms in total. The summed E-state index contributed by atoms with van der Waals surface area (Å²) in [5, 5.41) is 0.437.